The Hall–Kier alpha value is -0.790. The zero-order chi connectivity index (χ0) is 7.11. The maximum absolute atomic E-state index is 3.78. The van der Waals surface area contributed by atoms with Crippen LogP contribution in [-0.2, 0) is 7.05 Å². The number of hydrogen-bond donors (Lipinski definition) is 0. The number of rotatable bonds is 0. The van der Waals surface area contributed by atoms with Gasteiger partial charge in [0.25, 0.3) is 0 Å². The Bertz CT molecular complexity index is 121. The number of imidazole rings is 1. The van der Waals surface area contributed by atoms with Gasteiger partial charge in [-0.1, -0.05) is 20.3 Å². The van der Waals surface area contributed by atoms with Crippen LogP contribution < -0.4 is 0 Å². The largest absolute Gasteiger partial charge is 0.341 e. The van der Waals surface area contributed by atoms with E-state index in [4.69, 9.17) is 0 Å². The van der Waals surface area contributed by atoms with Crippen LogP contribution in [0.15, 0.2) is 18.7 Å². The van der Waals surface area contributed by atoms with Gasteiger partial charge in [-0.15, -0.1) is 0 Å². The van der Waals surface area contributed by atoms with Crippen molar-refractivity contribution in [2.75, 3.05) is 0 Å². The molecule has 1 aromatic rings. The Morgan fingerprint density at radius 1 is 1.44 bits per heavy atom. The predicted molar refractivity (Wildman–Crippen MR) is 39.2 cm³/mol. The smallest absolute Gasteiger partial charge is 0.0943 e. The molecule has 52 valence electrons. The third kappa shape index (κ3) is 5.07. The monoisotopic (exact) mass is 126 g/mol. The summed E-state index contributed by atoms with van der Waals surface area (Å²) in [7, 11) is 1.94. The Kier molecular flexibility index (Phi) is 4.88. The van der Waals surface area contributed by atoms with Gasteiger partial charge in [0.1, 0.15) is 0 Å². The molecule has 0 unspecified atom stereocenters. The Labute approximate surface area is 56.5 Å². The molecule has 0 fully saturated rings. The molecule has 1 aromatic heterocycles. The first-order valence-corrected chi connectivity index (χ1v) is 3.23. The van der Waals surface area contributed by atoms with E-state index in [9.17, 15) is 0 Å². The molecule has 0 aromatic carbocycles. The molecule has 2 nitrogen and oxygen atoms in total. The Morgan fingerprint density at radius 3 is 2.11 bits per heavy atom. The second-order valence-corrected chi connectivity index (χ2v) is 1.94. The molecule has 0 amide bonds. The van der Waals surface area contributed by atoms with E-state index in [0.29, 0.717) is 0 Å². The third-order valence-corrected chi connectivity index (χ3v) is 0.637. The molecule has 0 spiro atoms. The van der Waals surface area contributed by atoms with Crippen LogP contribution in [0.3, 0.4) is 0 Å². The minimum atomic E-state index is 1.25. The highest BCUT2D eigenvalue weighted by Crippen LogP contribution is 1.73. The highest BCUT2D eigenvalue weighted by Gasteiger charge is 1.69. The molecule has 0 aliphatic heterocycles. The van der Waals surface area contributed by atoms with E-state index < -0.39 is 0 Å². The molecule has 9 heavy (non-hydrogen) atoms. The summed E-state index contributed by atoms with van der Waals surface area (Å²) < 4.78 is 1.89. The summed E-state index contributed by atoms with van der Waals surface area (Å²) in [6.07, 6.45) is 6.64. The van der Waals surface area contributed by atoms with Crippen molar-refractivity contribution in [3.05, 3.63) is 18.7 Å². The van der Waals surface area contributed by atoms with Gasteiger partial charge in [0.2, 0.25) is 0 Å². The molecule has 2 heteroatoms. The summed E-state index contributed by atoms with van der Waals surface area (Å²) in [5.41, 5.74) is 0. The minimum Gasteiger partial charge on any atom is -0.341 e. The van der Waals surface area contributed by atoms with Gasteiger partial charge in [-0.25, -0.2) is 4.98 Å². The highest BCUT2D eigenvalue weighted by molar-refractivity contribution is 4.70. The molecule has 0 N–H and O–H groups in total. The lowest BCUT2D eigenvalue weighted by Crippen LogP contribution is -1.76. The first-order valence-electron chi connectivity index (χ1n) is 3.23. The van der Waals surface area contributed by atoms with E-state index in [1.165, 1.54) is 6.42 Å². The fourth-order valence-corrected chi connectivity index (χ4v) is 0.326. The van der Waals surface area contributed by atoms with Crippen molar-refractivity contribution < 1.29 is 0 Å². The van der Waals surface area contributed by atoms with Gasteiger partial charge < -0.3 is 4.57 Å². The predicted octanol–water partition coefficient (Wildman–Crippen LogP) is 1.84. The van der Waals surface area contributed by atoms with Crippen molar-refractivity contribution in [1.29, 1.82) is 0 Å². The Morgan fingerprint density at radius 2 is 2.00 bits per heavy atom. The zero-order valence-corrected chi connectivity index (χ0v) is 6.33. The Balaban J connectivity index is 0.000000187. The van der Waals surface area contributed by atoms with Gasteiger partial charge in [0.05, 0.1) is 6.33 Å². The normalized spacial score (nSPS) is 7.89. The summed E-state index contributed by atoms with van der Waals surface area (Å²) in [5, 5.41) is 0. The molecule has 0 aliphatic rings. The quantitative estimate of drug-likeness (QED) is 0.518. The molecule has 0 radical (unpaired) electrons. The van der Waals surface area contributed by atoms with Gasteiger partial charge in [-0.2, -0.15) is 0 Å². The van der Waals surface area contributed by atoms with E-state index in [1.54, 1.807) is 12.5 Å². The van der Waals surface area contributed by atoms with Crippen LogP contribution in [0, 0.1) is 0 Å². The fraction of sp³-hybridized carbons (Fsp3) is 0.571. The molecule has 0 saturated heterocycles. The van der Waals surface area contributed by atoms with Crippen LogP contribution >= 0.6 is 0 Å². The summed E-state index contributed by atoms with van der Waals surface area (Å²) in [6, 6.07) is 0. The van der Waals surface area contributed by atoms with Gasteiger partial charge in [-0.05, 0) is 0 Å². The summed E-state index contributed by atoms with van der Waals surface area (Å²) >= 11 is 0. The van der Waals surface area contributed by atoms with Gasteiger partial charge in [0, 0.05) is 19.4 Å². The second kappa shape index (κ2) is 5.35. The van der Waals surface area contributed by atoms with E-state index in [1.807, 2.05) is 17.8 Å². The molecular formula is C7H14N2. The van der Waals surface area contributed by atoms with Gasteiger partial charge >= 0.3 is 0 Å². The molecule has 0 saturated carbocycles. The SMILES string of the molecule is CCC.Cn1ccnc1. The van der Waals surface area contributed by atoms with Crippen molar-refractivity contribution in [3.8, 4) is 0 Å². The second-order valence-electron chi connectivity index (χ2n) is 1.94. The lowest BCUT2D eigenvalue weighted by Gasteiger charge is -1.76. The lowest BCUT2D eigenvalue weighted by atomic mass is 10.6. The van der Waals surface area contributed by atoms with Gasteiger partial charge in [0.15, 0.2) is 0 Å². The van der Waals surface area contributed by atoms with Crippen LogP contribution in [0.4, 0.5) is 0 Å². The van der Waals surface area contributed by atoms with Crippen molar-refractivity contribution >= 4 is 0 Å². The van der Waals surface area contributed by atoms with E-state index in [-0.39, 0.29) is 0 Å². The van der Waals surface area contributed by atoms with Crippen LogP contribution in [0.1, 0.15) is 20.3 Å². The zero-order valence-electron chi connectivity index (χ0n) is 6.33. The molecule has 1 rings (SSSR count). The minimum absolute atomic E-state index is 1.25. The average Bonchev–Trinajstić information content (AvgIpc) is 2.20. The van der Waals surface area contributed by atoms with E-state index in [0.717, 1.165) is 0 Å². The van der Waals surface area contributed by atoms with Crippen molar-refractivity contribution in [3.63, 3.8) is 0 Å². The maximum Gasteiger partial charge on any atom is 0.0943 e. The van der Waals surface area contributed by atoms with Crippen LogP contribution in [-0.4, -0.2) is 9.55 Å². The molecule has 0 atom stereocenters. The summed E-state index contributed by atoms with van der Waals surface area (Å²) in [6.45, 7) is 4.25. The third-order valence-electron chi connectivity index (χ3n) is 0.637. The van der Waals surface area contributed by atoms with Crippen molar-refractivity contribution in [1.82, 2.24) is 9.55 Å². The van der Waals surface area contributed by atoms with Crippen molar-refractivity contribution in [2.45, 2.75) is 20.3 Å². The molecular weight excluding hydrogens is 112 g/mol. The van der Waals surface area contributed by atoms with Crippen molar-refractivity contribution in [2.24, 2.45) is 7.05 Å². The average molecular weight is 126 g/mol. The number of hydrogen-bond acceptors (Lipinski definition) is 1. The number of aromatic nitrogens is 2. The van der Waals surface area contributed by atoms with Crippen LogP contribution in [0.25, 0.3) is 0 Å². The van der Waals surface area contributed by atoms with Crippen LogP contribution in [0.2, 0.25) is 0 Å². The fourth-order valence-electron chi connectivity index (χ4n) is 0.326. The van der Waals surface area contributed by atoms with E-state index in [2.05, 4.69) is 18.8 Å². The maximum atomic E-state index is 3.78. The standard InChI is InChI=1S/C4H6N2.C3H8/c1-6-3-2-5-4-6;1-3-2/h2-4H,1H3;3H2,1-2H3. The highest BCUT2D eigenvalue weighted by atomic mass is 15.0. The van der Waals surface area contributed by atoms with E-state index >= 15 is 0 Å². The molecule has 0 bridgehead atoms. The lowest BCUT2D eigenvalue weighted by molar-refractivity contribution is 0.913. The first kappa shape index (κ1) is 8.21. The molecule has 0 aliphatic carbocycles. The number of aryl methyl sites for hydroxylation is 1. The topological polar surface area (TPSA) is 17.8 Å². The number of nitrogens with zero attached hydrogens (tertiary/aromatic N) is 2. The van der Waals surface area contributed by atoms with Crippen LogP contribution in [0.5, 0.6) is 0 Å². The summed E-state index contributed by atoms with van der Waals surface area (Å²) in [5.74, 6) is 0. The summed E-state index contributed by atoms with van der Waals surface area (Å²) in [4.78, 5) is 3.78. The van der Waals surface area contributed by atoms with Gasteiger partial charge in [-0.3, -0.25) is 0 Å². The first-order chi connectivity index (χ1) is 4.31. The molecule has 1 heterocycles.